The normalized spacial score (nSPS) is 12.6. The molecule has 2 nitrogen and oxygen atoms in total. The molecule has 1 N–H and O–H groups in total. The number of hydrogen-bond donors (Lipinski definition) is 1. The lowest BCUT2D eigenvalue weighted by Gasteiger charge is -2.17. The molecule has 0 fully saturated rings. The largest absolute Gasteiger partial charge is 0.496 e. The Labute approximate surface area is 102 Å². The van der Waals surface area contributed by atoms with Gasteiger partial charge < -0.3 is 9.84 Å². The van der Waals surface area contributed by atoms with Gasteiger partial charge >= 0.3 is 0 Å². The van der Waals surface area contributed by atoms with Crippen molar-refractivity contribution in [2.75, 3.05) is 19.1 Å². The zero-order chi connectivity index (χ0) is 12.1. The summed E-state index contributed by atoms with van der Waals surface area (Å²) in [5, 5.41) is 10.1. The van der Waals surface area contributed by atoms with Gasteiger partial charge in [0.1, 0.15) is 5.75 Å². The maximum Gasteiger partial charge on any atom is 0.127 e. The second-order valence-corrected chi connectivity index (χ2v) is 4.99. The SMILES string of the molecule is COc1c(C)cc(C)cc1C(O)CCSC. The van der Waals surface area contributed by atoms with E-state index in [1.165, 1.54) is 0 Å². The maximum atomic E-state index is 10.1. The Morgan fingerprint density at radius 2 is 2.06 bits per heavy atom. The van der Waals surface area contributed by atoms with Crippen molar-refractivity contribution in [3.8, 4) is 5.75 Å². The molecule has 0 aliphatic carbocycles. The van der Waals surface area contributed by atoms with Crippen molar-refractivity contribution >= 4 is 11.8 Å². The van der Waals surface area contributed by atoms with Crippen LogP contribution in [-0.4, -0.2) is 24.2 Å². The zero-order valence-corrected chi connectivity index (χ0v) is 11.2. The van der Waals surface area contributed by atoms with Crippen LogP contribution in [0.4, 0.5) is 0 Å². The van der Waals surface area contributed by atoms with Crippen LogP contribution in [0.15, 0.2) is 12.1 Å². The number of methoxy groups -OCH3 is 1. The van der Waals surface area contributed by atoms with E-state index in [9.17, 15) is 5.11 Å². The molecule has 0 aromatic heterocycles. The Hall–Kier alpha value is -0.670. The first-order valence-corrected chi connectivity index (χ1v) is 6.81. The topological polar surface area (TPSA) is 29.5 Å². The van der Waals surface area contributed by atoms with E-state index in [0.717, 1.165) is 34.6 Å². The lowest BCUT2D eigenvalue weighted by molar-refractivity contribution is 0.170. The van der Waals surface area contributed by atoms with Crippen LogP contribution in [0.3, 0.4) is 0 Å². The Kier molecular flexibility index (Phi) is 5.16. The second-order valence-electron chi connectivity index (χ2n) is 4.00. The van der Waals surface area contributed by atoms with Crippen LogP contribution in [0.25, 0.3) is 0 Å². The predicted molar refractivity (Wildman–Crippen MR) is 70.4 cm³/mol. The number of thioether (sulfide) groups is 1. The van der Waals surface area contributed by atoms with Gasteiger partial charge in [0, 0.05) is 5.56 Å². The summed E-state index contributed by atoms with van der Waals surface area (Å²) in [5.41, 5.74) is 3.16. The smallest absolute Gasteiger partial charge is 0.127 e. The fourth-order valence-electron chi connectivity index (χ4n) is 1.90. The molecule has 0 aliphatic rings. The van der Waals surface area contributed by atoms with Gasteiger partial charge in [-0.25, -0.2) is 0 Å². The predicted octanol–water partition coefficient (Wildman–Crippen LogP) is 3.10. The van der Waals surface area contributed by atoms with E-state index in [2.05, 4.69) is 6.07 Å². The lowest BCUT2D eigenvalue weighted by atomic mass is 10.00. The Morgan fingerprint density at radius 1 is 1.38 bits per heavy atom. The van der Waals surface area contributed by atoms with Gasteiger partial charge in [0.15, 0.2) is 0 Å². The lowest BCUT2D eigenvalue weighted by Crippen LogP contribution is -2.04. The molecule has 16 heavy (non-hydrogen) atoms. The molecule has 0 amide bonds. The van der Waals surface area contributed by atoms with E-state index < -0.39 is 6.10 Å². The Bertz CT molecular complexity index is 350. The van der Waals surface area contributed by atoms with Crippen molar-refractivity contribution in [2.45, 2.75) is 26.4 Å². The summed E-state index contributed by atoms with van der Waals surface area (Å²) in [5.74, 6) is 1.77. The average molecular weight is 240 g/mol. The monoisotopic (exact) mass is 240 g/mol. The highest BCUT2D eigenvalue weighted by Gasteiger charge is 2.15. The molecule has 0 aliphatic heterocycles. The van der Waals surface area contributed by atoms with Crippen LogP contribution < -0.4 is 4.74 Å². The van der Waals surface area contributed by atoms with E-state index >= 15 is 0 Å². The van der Waals surface area contributed by atoms with Gasteiger partial charge in [-0.15, -0.1) is 0 Å². The van der Waals surface area contributed by atoms with Gasteiger partial charge in [0.05, 0.1) is 13.2 Å². The fraction of sp³-hybridized carbons (Fsp3) is 0.538. The molecule has 0 saturated carbocycles. The number of benzene rings is 1. The Morgan fingerprint density at radius 3 is 2.62 bits per heavy atom. The molecule has 1 aromatic rings. The highest BCUT2D eigenvalue weighted by Crippen LogP contribution is 2.32. The van der Waals surface area contributed by atoms with Gasteiger partial charge in [-0.1, -0.05) is 11.6 Å². The van der Waals surface area contributed by atoms with E-state index in [4.69, 9.17) is 4.74 Å². The number of hydrogen-bond acceptors (Lipinski definition) is 3. The van der Waals surface area contributed by atoms with Crippen LogP contribution in [0.2, 0.25) is 0 Å². The molecule has 0 spiro atoms. The Balaban J connectivity index is 3.00. The molecule has 0 saturated heterocycles. The van der Waals surface area contributed by atoms with Crippen molar-refractivity contribution in [2.24, 2.45) is 0 Å². The van der Waals surface area contributed by atoms with Crippen molar-refractivity contribution in [3.63, 3.8) is 0 Å². The van der Waals surface area contributed by atoms with Crippen LogP contribution in [0, 0.1) is 13.8 Å². The third-order valence-electron chi connectivity index (χ3n) is 2.61. The van der Waals surface area contributed by atoms with Crippen molar-refractivity contribution in [3.05, 3.63) is 28.8 Å². The second kappa shape index (κ2) is 6.16. The highest BCUT2D eigenvalue weighted by molar-refractivity contribution is 7.98. The minimum atomic E-state index is -0.430. The number of ether oxygens (including phenoxy) is 1. The van der Waals surface area contributed by atoms with Crippen molar-refractivity contribution in [1.82, 2.24) is 0 Å². The van der Waals surface area contributed by atoms with Crippen LogP contribution in [0.5, 0.6) is 5.75 Å². The first kappa shape index (κ1) is 13.4. The van der Waals surface area contributed by atoms with E-state index in [0.29, 0.717) is 0 Å². The molecule has 90 valence electrons. The summed E-state index contributed by atoms with van der Waals surface area (Å²) in [6.45, 7) is 4.05. The molecule has 1 unspecified atom stereocenters. The molecular weight excluding hydrogens is 220 g/mol. The molecule has 0 bridgehead atoms. The van der Waals surface area contributed by atoms with Crippen LogP contribution in [-0.2, 0) is 0 Å². The molecule has 0 radical (unpaired) electrons. The first-order valence-electron chi connectivity index (χ1n) is 5.42. The maximum absolute atomic E-state index is 10.1. The number of aryl methyl sites for hydroxylation is 2. The minimum Gasteiger partial charge on any atom is -0.496 e. The highest BCUT2D eigenvalue weighted by atomic mass is 32.2. The first-order chi connectivity index (χ1) is 7.60. The summed E-state index contributed by atoms with van der Waals surface area (Å²) >= 11 is 1.75. The third-order valence-corrected chi connectivity index (χ3v) is 3.25. The van der Waals surface area contributed by atoms with Crippen LogP contribution in [0.1, 0.15) is 29.2 Å². The molecular formula is C13H20O2S. The average Bonchev–Trinajstić information content (AvgIpc) is 2.24. The standard InChI is InChI=1S/C13H20O2S/c1-9-7-10(2)13(15-3)11(8-9)12(14)5-6-16-4/h7-8,12,14H,5-6H2,1-4H3. The quantitative estimate of drug-likeness (QED) is 0.857. The number of rotatable bonds is 5. The zero-order valence-electron chi connectivity index (χ0n) is 10.4. The summed E-state index contributed by atoms with van der Waals surface area (Å²) in [4.78, 5) is 0. The van der Waals surface area contributed by atoms with Gasteiger partial charge in [-0.05, 0) is 43.9 Å². The minimum absolute atomic E-state index is 0.430. The van der Waals surface area contributed by atoms with E-state index in [1.54, 1.807) is 18.9 Å². The van der Waals surface area contributed by atoms with Gasteiger partial charge in [0.25, 0.3) is 0 Å². The van der Waals surface area contributed by atoms with Gasteiger partial charge in [-0.3, -0.25) is 0 Å². The summed E-state index contributed by atoms with van der Waals surface area (Å²) < 4.78 is 5.37. The van der Waals surface area contributed by atoms with Crippen LogP contribution >= 0.6 is 11.8 Å². The molecule has 1 rings (SSSR count). The molecule has 1 atom stereocenters. The summed E-state index contributed by atoms with van der Waals surface area (Å²) in [6, 6.07) is 4.08. The van der Waals surface area contributed by atoms with E-state index in [-0.39, 0.29) is 0 Å². The van der Waals surface area contributed by atoms with Gasteiger partial charge in [0.2, 0.25) is 0 Å². The fourth-order valence-corrected chi connectivity index (χ4v) is 2.36. The van der Waals surface area contributed by atoms with Crippen molar-refractivity contribution < 1.29 is 9.84 Å². The summed E-state index contributed by atoms with van der Waals surface area (Å²) in [6.07, 6.45) is 2.38. The van der Waals surface area contributed by atoms with Gasteiger partial charge in [-0.2, -0.15) is 11.8 Å². The molecule has 0 heterocycles. The van der Waals surface area contributed by atoms with E-state index in [1.807, 2.05) is 26.2 Å². The molecule has 3 heteroatoms. The third kappa shape index (κ3) is 3.16. The molecule has 1 aromatic carbocycles. The van der Waals surface area contributed by atoms with Crippen molar-refractivity contribution in [1.29, 1.82) is 0 Å². The summed E-state index contributed by atoms with van der Waals surface area (Å²) in [7, 11) is 1.66. The number of aliphatic hydroxyl groups excluding tert-OH is 1. The number of aliphatic hydroxyl groups is 1.